The molecule has 1 fully saturated rings. The normalized spacial score (nSPS) is 15.5. The van der Waals surface area contributed by atoms with Crippen LogP contribution in [0, 0.1) is 28.0 Å². The molecule has 10 nitrogen and oxygen atoms in total. The van der Waals surface area contributed by atoms with Gasteiger partial charge in [0.2, 0.25) is 11.8 Å². The van der Waals surface area contributed by atoms with Crippen molar-refractivity contribution in [2.24, 2.45) is 5.92 Å². The Morgan fingerprint density at radius 2 is 1.88 bits per heavy atom. The lowest BCUT2D eigenvalue weighted by Gasteiger charge is -2.30. The highest BCUT2D eigenvalue weighted by Crippen LogP contribution is 2.41. The predicted octanol–water partition coefficient (Wildman–Crippen LogP) is 2.39. The van der Waals surface area contributed by atoms with Crippen molar-refractivity contribution >= 4 is 17.8 Å². The van der Waals surface area contributed by atoms with E-state index in [2.05, 4.69) is 16.0 Å². The van der Waals surface area contributed by atoms with Crippen molar-refractivity contribution in [2.45, 2.75) is 70.3 Å². The summed E-state index contributed by atoms with van der Waals surface area (Å²) in [6, 6.07) is 8.95. The zero-order valence-electron chi connectivity index (χ0n) is 19.4. The van der Waals surface area contributed by atoms with Gasteiger partial charge in [-0.15, -0.1) is 0 Å². The molecular formula is C23H35N6O4. The number of rotatable bonds is 12. The molecule has 1 atom stereocenters. The van der Waals surface area contributed by atoms with Gasteiger partial charge in [-0.3, -0.25) is 15.0 Å². The molecule has 0 aliphatic heterocycles. The van der Waals surface area contributed by atoms with E-state index in [1.54, 1.807) is 12.0 Å². The molecule has 0 spiro atoms. The van der Waals surface area contributed by atoms with Crippen molar-refractivity contribution in [1.29, 1.82) is 5.41 Å². The van der Waals surface area contributed by atoms with E-state index in [0.29, 0.717) is 25.2 Å². The van der Waals surface area contributed by atoms with Gasteiger partial charge in [0, 0.05) is 13.1 Å². The quantitative estimate of drug-likeness (QED) is 0.106. The molecule has 181 valence electrons. The molecular weight excluding hydrogens is 424 g/mol. The second-order valence-corrected chi connectivity index (χ2v) is 8.84. The van der Waals surface area contributed by atoms with E-state index in [9.17, 15) is 19.7 Å². The Kier molecular flexibility index (Phi) is 10.1. The summed E-state index contributed by atoms with van der Waals surface area (Å²) in [5, 5.41) is 25.4. The average Bonchev–Trinajstić information content (AvgIpc) is 3.27. The summed E-state index contributed by atoms with van der Waals surface area (Å²) in [4.78, 5) is 36.8. The van der Waals surface area contributed by atoms with Crippen molar-refractivity contribution in [3.63, 3.8) is 0 Å². The smallest absolute Gasteiger partial charge is 0.251 e. The highest BCUT2D eigenvalue weighted by molar-refractivity contribution is 5.93. The van der Waals surface area contributed by atoms with Crippen LogP contribution in [0.3, 0.4) is 0 Å². The van der Waals surface area contributed by atoms with Gasteiger partial charge in [-0.1, -0.05) is 62.4 Å². The third-order valence-corrected chi connectivity index (χ3v) is 5.85. The van der Waals surface area contributed by atoms with Crippen LogP contribution in [0.15, 0.2) is 30.3 Å². The molecule has 2 rings (SSSR count). The summed E-state index contributed by atoms with van der Waals surface area (Å²) in [6.07, 6.45) is 4.86. The van der Waals surface area contributed by atoms with Gasteiger partial charge in [-0.25, -0.2) is 10.1 Å². The number of nitrogens with zero attached hydrogens (tertiary/aromatic N) is 1. The number of guanidine groups is 1. The monoisotopic (exact) mass is 459 g/mol. The number of carbonyl (C=O) groups is 2. The number of hydrazine groups is 1. The first-order valence-corrected chi connectivity index (χ1v) is 11.5. The largest absolute Gasteiger partial charge is 0.352 e. The molecule has 0 aromatic heterocycles. The average molecular weight is 460 g/mol. The summed E-state index contributed by atoms with van der Waals surface area (Å²) in [6.45, 7) is 6.05. The molecule has 1 aromatic carbocycles. The van der Waals surface area contributed by atoms with Crippen molar-refractivity contribution in [2.75, 3.05) is 6.54 Å². The minimum absolute atomic E-state index is 0.147. The lowest BCUT2D eigenvalue weighted by Crippen LogP contribution is -2.52. The van der Waals surface area contributed by atoms with Crippen LogP contribution >= 0.6 is 0 Å². The number of benzene rings is 1. The third-order valence-electron chi connectivity index (χ3n) is 5.85. The molecule has 2 amide bonds. The van der Waals surface area contributed by atoms with Gasteiger partial charge in [0.05, 0.1) is 5.41 Å². The maximum absolute atomic E-state index is 13.5. The van der Waals surface area contributed by atoms with E-state index in [1.807, 2.05) is 44.2 Å². The van der Waals surface area contributed by atoms with Gasteiger partial charge in [0.25, 0.3) is 5.96 Å². The fraction of sp³-hybridized carbons (Fsp3) is 0.565. The zero-order chi connectivity index (χ0) is 24.3. The number of amides is 2. The van der Waals surface area contributed by atoms with Crippen LogP contribution in [0.25, 0.3) is 0 Å². The van der Waals surface area contributed by atoms with Crippen LogP contribution < -0.4 is 21.4 Å². The molecule has 0 unspecified atom stereocenters. The number of hydrogen-bond acceptors (Lipinski definition) is 5. The number of carbonyl (C=O) groups excluding carboxylic acids is 2. The van der Waals surface area contributed by atoms with Crippen molar-refractivity contribution < 1.29 is 14.6 Å². The number of nitro groups is 1. The van der Waals surface area contributed by atoms with Crippen LogP contribution in [0.4, 0.5) is 0 Å². The lowest BCUT2D eigenvalue weighted by molar-refractivity contribution is -0.525. The van der Waals surface area contributed by atoms with E-state index in [1.165, 1.54) is 0 Å². The van der Waals surface area contributed by atoms with E-state index in [4.69, 9.17) is 5.41 Å². The molecule has 0 bridgehead atoms. The summed E-state index contributed by atoms with van der Waals surface area (Å²) < 4.78 is 0. The second-order valence-electron chi connectivity index (χ2n) is 8.84. The van der Waals surface area contributed by atoms with Crippen LogP contribution in [0.5, 0.6) is 0 Å². The van der Waals surface area contributed by atoms with Crippen molar-refractivity contribution in [1.82, 2.24) is 21.4 Å². The summed E-state index contributed by atoms with van der Waals surface area (Å²) in [5.41, 5.74) is 2.05. The fourth-order valence-electron chi connectivity index (χ4n) is 4.09. The van der Waals surface area contributed by atoms with Crippen LogP contribution in [-0.2, 0) is 15.0 Å². The van der Waals surface area contributed by atoms with Crippen LogP contribution in [0.2, 0.25) is 0 Å². The van der Waals surface area contributed by atoms with Gasteiger partial charge in [0.15, 0.2) is 5.03 Å². The maximum atomic E-state index is 13.5. The van der Waals surface area contributed by atoms with E-state index < -0.39 is 22.4 Å². The van der Waals surface area contributed by atoms with Crippen molar-refractivity contribution in [3.8, 4) is 0 Å². The molecule has 1 radical (unpaired) electrons. The second kappa shape index (κ2) is 12.8. The van der Waals surface area contributed by atoms with E-state index in [0.717, 1.165) is 31.2 Å². The summed E-state index contributed by atoms with van der Waals surface area (Å²) >= 11 is 0. The lowest BCUT2D eigenvalue weighted by atomic mass is 9.77. The Morgan fingerprint density at radius 1 is 1.21 bits per heavy atom. The molecule has 0 saturated heterocycles. The fourth-order valence-corrected chi connectivity index (χ4v) is 4.09. The van der Waals surface area contributed by atoms with Gasteiger partial charge in [0.1, 0.15) is 6.04 Å². The molecule has 0 heterocycles. The van der Waals surface area contributed by atoms with Gasteiger partial charge in [-0.2, -0.15) is 0 Å². The summed E-state index contributed by atoms with van der Waals surface area (Å²) in [7, 11) is 0. The molecule has 33 heavy (non-hydrogen) atoms. The molecule has 1 aliphatic rings. The number of nitrogens with one attached hydrogen (secondary N) is 5. The first-order valence-electron chi connectivity index (χ1n) is 11.5. The minimum Gasteiger partial charge on any atom is -0.352 e. The Morgan fingerprint density at radius 3 is 2.48 bits per heavy atom. The standard InChI is InChI=1S/C23H35N6O4/c1-17(2)12-16-25-20(30)19(11-8-15-26-22(24)28-29(32)33)27-21(31)23(13-6-7-14-23)18-9-4-3-5-10-18/h3-5,9-10,16-17,19H,6-8,11-15H2,1-2H3,(H,25,30)(H,27,31)(H3,24,26,28)/t19-/m0/s1. The SMILES string of the molecule is CC(C)C[CH]NC(=O)[C@H](CCCNC(=N)N[N+](=O)[O-])NC(=O)C1(c2ccccc2)CCCC1. The Labute approximate surface area is 194 Å². The zero-order valence-corrected chi connectivity index (χ0v) is 19.4. The van der Waals surface area contributed by atoms with Gasteiger partial charge < -0.3 is 16.0 Å². The highest BCUT2D eigenvalue weighted by Gasteiger charge is 2.43. The molecule has 5 N–H and O–H groups in total. The van der Waals surface area contributed by atoms with Crippen LogP contribution in [-0.4, -0.2) is 35.4 Å². The first-order chi connectivity index (χ1) is 15.7. The predicted molar refractivity (Wildman–Crippen MR) is 126 cm³/mol. The third kappa shape index (κ3) is 8.03. The Bertz CT molecular complexity index is 808. The van der Waals surface area contributed by atoms with Gasteiger partial charge >= 0.3 is 0 Å². The van der Waals surface area contributed by atoms with Crippen molar-refractivity contribution in [3.05, 3.63) is 52.6 Å². The summed E-state index contributed by atoms with van der Waals surface area (Å²) in [5.74, 6) is -0.471. The molecule has 1 saturated carbocycles. The highest BCUT2D eigenvalue weighted by atomic mass is 16.7. The minimum atomic E-state index is -0.818. The maximum Gasteiger partial charge on any atom is 0.251 e. The van der Waals surface area contributed by atoms with Gasteiger partial charge in [-0.05, 0) is 43.6 Å². The first kappa shape index (κ1) is 26.1. The number of hydrogen-bond donors (Lipinski definition) is 5. The Hall–Kier alpha value is -3.17. The molecule has 10 heteroatoms. The van der Waals surface area contributed by atoms with E-state index >= 15 is 0 Å². The Balaban J connectivity index is 2.05. The van der Waals surface area contributed by atoms with E-state index in [-0.39, 0.29) is 18.4 Å². The molecule has 1 aliphatic carbocycles. The topological polar surface area (TPSA) is 149 Å². The molecule has 1 aromatic rings. The van der Waals surface area contributed by atoms with Crippen LogP contribution in [0.1, 0.15) is 64.4 Å².